The Labute approximate surface area is 160 Å². The van der Waals surface area contributed by atoms with Gasteiger partial charge in [0.15, 0.2) is 6.29 Å². The third-order valence-corrected chi connectivity index (χ3v) is 5.07. The maximum absolute atomic E-state index is 6.00. The second-order valence-electron chi connectivity index (χ2n) is 6.78. The highest BCUT2D eigenvalue weighted by Gasteiger charge is 2.22. The van der Waals surface area contributed by atoms with Crippen LogP contribution in [0, 0.1) is 0 Å². The van der Waals surface area contributed by atoms with Gasteiger partial charge in [0.2, 0.25) is 0 Å². The molecule has 0 radical (unpaired) electrons. The molecule has 2 saturated heterocycles. The summed E-state index contributed by atoms with van der Waals surface area (Å²) in [6.45, 7) is 4.12. The molecule has 26 heavy (non-hydrogen) atoms. The highest BCUT2D eigenvalue weighted by molar-refractivity contribution is 5.85. The van der Waals surface area contributed by atoms with Crippen LogP contribution in [0.3, 0.4) is 0 Å². The lowest BCUT2D eigenvalue weighted by Crippen LogP contribution is -2.37. The van der Waals surface area contributed by atoms with Crippen LogP contribution in [0.15, 0.2) is 30.6 Å². The number of nitrogens with zero attached hydrogens (tertiary/aromatic N) is 3. The van der Waals surface area contributed by atoms with Gasteiger partial charge >= 0.3 is 0 Å². The smallest absolute Gasteiger partial charge is 0.157 e. The second kappa shape index (κ2) is 9.55. The van der Waals surface area contributed by atoms with Gasteiger partial charge in [0, 0.05) is 25.9 Å². The molecule has 1 atom stereocenters. The number of anilines is 1. The number of hydrogen-bond acceptors (Lipinski definition) is 5. The van der Waals surface area contributed by atoms with Gasteiger partial charge in [-0.25, -0.2) is 4.52 Å². The van der Waals surface area contributed by atoms with E-state index in [0.29, 0.717) is 19.3 Å². The lowest BCUT2D eigenvalue weighted by atomic mass is 10.1. The van der Waals surface area contributed by atoms with Crippen molar-refractivity contribution in [2.75, 3.05) is 37.8 Å². The van der Waals surface area contributed by atoms with Crippen molar-refractivity contribution in [1.29, 1.82) is 0 Å². The van der Waals surface area contributed by atoms with Gasteiger partial charge in [-0.2, -0.15) is 5.10 Å². The zero-order chi connectivity index (χ0) is 16.9. The number of pyridine rings is 1. The molecule has 0 amide bonds. The fourth-order valence-electron chi connectivity index (χ4n) is 3.67. The first kappa shape index (κ1) is 19.4. The van der Waals surface area contributed by atoms with Crippen LogP contribution in [0.4, 0.5) is 5.69 Å². The third kappa shape index (κ3) is 4.68. The molecule has 0 aliphatic carbocycles. The minimum absolute atomic E-state index is 0. The first-order valence-corrected chi connectivity index (χ1v) is 9.42. The van der Waals surface area contributed by atoms with E-state index in [1.54, 1.807) is 0 Å². The molecule has 144 valence electrons. The molecule has 7 heteroatoms. The van der Waals surface area contributed by atoms with E-state index >= 15 is 0 Å². The van der Waals surface area contributed by atoms with Crippen molar-refractivity contribution >= 4 is 23.6 Å². The SMILES string of the molecule is Cl.c1ccn2ncc(N3CCC(OCCOC4CCCCO4)CC3)c2c1. The molecule has 0 saturated carbocycles. The normalized spacial score (nSPS) is 21.7. The molecule has 0 bridgehead atoms. The Bertz CT molecular complexity index is 667. The monoisotopic (exact) mass is 381 g/mol. The fraction of sp³-hybridized carbons (Fsp3) is 0.632. The Kier molecular flexibility index (Phi) is 7.14. The largest absolute Gasteiger partial charge is 0.376 e. The van der Waals surface area contributed by atoms with E-state index in [9.17, 15) is 0 Å². The van der Waals surface area contributed by atoms with Crippen molar-refractivity contribution in [2.45, 2.75) is 44.5 Å². The van der Waals surface area contributed by atoms with Gasteiger partial charge in [0.25, 0.3) is 0 Å². The number of hydrogen-bond donors (Lipinski definition) is 0. The van der Waals surface area contributed by atoms with E-state index in [1.165, 1.54) is 17.6 Å². The Balaban J connectivity index is 0.00000196. The van der Waals surface area contributed by atoms with Crippen LogP contribution in [-0.4, -0.2) is 54.9 Å². The van der Waals surface area contributed by atoms with Gasteiger partial charge in [-0.1, -0.05) is 6.07 Å². The van der Waals surface area contributed by atoms with E-state index < -0.39 is 0 Å². The zero-order valence-electron chi connectivity index (χ0n) is 15.1. The Morgan fingerprint density at radius 3 is 2.73 bits per heavy atom. The predicted octanol–water partition coefficient (Wildman–Crippen LogP) is 3.28. The van der Waals surface area contributed by atoms with Crippen molar-refractivity contribution in [3.8, 4) is 0 Å². The summed E-state index contributed by atoms with van der Waals surface area (Å²) in [6.07, 6.45) is 9.73. The van der Waals surface area contributed by atoms with Gasteiger partial charge in [-0.3, -0.25) is 0 Å². The summed E-state index contributed by atoms with van der Waals surface area (Å²) in [7, 11) is 0. The van der Waals surface area contributed by atoms with Crippen LogP contribution in [0.2, 0.25) is 0 Å². The zero-order valence-corrected chi connectivity index (χ0v) is 15.9. The van der Waals surface area contributed by atoms with Crippen LogP contribution in [0.5, 0.6) is 0 Å². The summed E-state index contributed by atoms with van der Waals surface area (Å²) in [4.78, 5) is 2.41. The van der Waals surface area contributed by atoms with Crippen molar-refractivity contribution in [3.05, 3.63) is 30.6 Å². The molecule has 1 unspecified atom stereocenters. The molecular weight excluding hydrogens is 354 g/mol. The molecule has 4 heterocycles. The summed E-state index contributed by atoms with van der Waals surface area (Å²) in [5.74, 6) is 0. The molecule has 6 nitrogen and oxygen atoms in total. The predicted molar refractivity (Wildman–Crippen MR) is 103 cm³/mol. The lowest BCUT2D eigenvalue weighted by Gasteiger charge is -2.33. The topological polar surface area (TPSA) is 48.2 Å². The quantitative estimate of drug-likeness (QED) is 0.718. The molecule has 0 aromatic carbocycles. The van der Waals surface area contributed by atoms with Gasteiger partial charge in [-0.15, -0.1) is 12.4 Å². The van der Waals surface area contributed by atoms with Crippen LogP contribution in [-0.2, 0) is 14.2 Å². The summed E-state index contributed by atoms with van der Waals surface area (Å²) >= 11 is 0. The first-order valence-electron chi connectivity index (χ1n) is 9.42. The molecule has 2 aromatic heterocycles. The lowest BCUT2D eigenvalue weighted by molar-refractivity contribution is -0.171. The van der Waals surface area contributed by atoms with E-state index in [1.807, 2.05) is 23.0 Å². The molecular formula is C19H28ClN3O3. The minimum Gasteiger partial charge on any atom is -0.376 e. The van der Waals surface area contributed by atoms with Crippen molar-refractivity contribution < 1.29 is 14.2 Å². The van der Waals surface area contributed by atoms with Crippen molar-refractivity contribution in [3.63, 3.8) is 0 Å². The minimum atomic E-state index is -0.0187. The molecule has 2 aliphatic heterocycles. The standard InChI is InChI=1S/C19H27N3O3.ClH/c1-3-9-22-17(5-1)18(15-20-22)21-10-7-16(8-11-21)23-13-14-25-19-6-2-4-12-24-19;/h1,3,5,9,15-16,19H,2,4,6-8,10-14H2;1H. The molecule has 0 N–H and O–H groups in total. The van der Waals surface area contributed by atoms with Gasteiger partial charge in [-0.05, 0) is 44.2 Å². The van der Waals surface area contributed by atoms with E-state index in [2.05, 4.69) is 22.1 Å². The summed E-state index contributed by atoms with van der Waals surface area (Å²) in [5, 5.41) is 4.43. The molecule has 2 aliphatic rings. The second-order valence-corrected chi connectivity index (χ2v) is 6.78. The summed E-state index contributed by atoms with van der Waals surface area (Å²) in [5.41, 5.74) is 2.39. The van der Waals surface area contributed by atoms with Gasteiger partial charge in [0.1, 0.15) is 0 Å². The first-order chi connectivity index (χ1) is 12.4. The Hall–Kier alpha value is -1.34. The van der Waals surface area contributed by atoms with Crippen LogP contribution >= 0.6 is 12.4 Å². The van der Waals surface area contributed by atoms with Crippen LogP contribution in [0.25, 0.3) is 5.52 Å². The number of aromatic nitrogens is 2. The van der Waals surface area contributed by atoms with E-state index in [-0.39, 0.29) is 18.7 Å². The average Bonchev–Trinajstić information content (AvgIpc) is 3.11. The summed E-state index contributed by atoms with van der Waals surface area (Å²) in [6, 6.07) is 6.19. The number of rotatable bonds is 6. The number of halogens is 1. The van der Waals surface area contributed by atoms with Gasteiger partial charge < -0.3 is 19.1 Å². The van der Waals surface area contributed by atoms with Crippen molar-refractivity contribution in [1.82, 2.24) is 9.61 Å². The number of ether oxygens (including phenoxy) is 3. The Morgan fingerprint density at radius 2 is 1.92 bits per heavy atom. The highest BCUT2D eigenvalue weighted by atomic mass is 35.5. The maximum atomic E-state index is 6.00. The molecule has 0 spiro atoms. The maximum Gasteiger partial charge on any atom is 0.157 e. The van der Waals surface area contributed by atoms with E-state index in [0.717, 1.165) is 45.4 Å². The highest BCUT2D eigenvalue weighted by Crippen LogP contribution is 2.25. The van der Waals surface area contributed by atoms with Crippen LogP contribution in [0.1, 0.15) is 32.1 Å². The number of piperidine rings is 1. The molecule has 4 rings (SSSR count). The molecule has 2 fully saturated rings. The van der Waals surface area contributed by atoms with Crippen LogP contribution < -0.4 is 4.90 Å². The van der Waals surface area contributed by atoms with E-state index in [4.69, 9.17) is 14.2 Å². The Morgan fingerprint density at radius 1 is 1.08 bits per heavy atom. The third-order valence-electron chi connectivity index (χ3n) is 5.07. The summed E-state index contributed by atoms with van der Waals surface area (Å²) < 4.78 is 19.2. The van der Waals surface area contributed by atoms with Crippen molar-refractivity contribution in [2.24, 2.45) is 0 Å². The fourth-order valence-corrected chi connectivity index (χ4v) is 3.67. The average molecular weight is 382 g/mol. The molecule has 2 aromatic rings. The van der Waals surface area contributed by atoms with Gasteiger partial charge in [0.05, 0.1) is 36.7 Å². The number of fused-ring (bicyclic) bond motifs is 1.